The second kappa shape index (κ2) is 8.06. The molecular weight excluding hydrogens is 360 g/mol. The van der Waals surface area contributed by atoms with E-state index in [1.165, 1.54) is 0 Å². The van der Waals surface area contributed by atoms with Crippen molar-refractivity contribution in [2.24, 2.45) is 0 Å². The van der Waals surface area contributed by atoms with Crippen LogP contribution in [0.5, 0.6) is 0 Å². The number of para-hydroxylation sites is 2. The number of hydrogen-bond acceptors (Lipinski definition) is 4. The van der Waals surface area contributed by atoms with E-state index >= 15 is 0 Å². The van der Waals surface area contributed by atoms with E-state index in [-0.39, 0.29) is 18.4 Å². The topological polar surface area (TPSA) is 51.2 Å². The van der Waals surface area contributed by atoms with Crippen molar-refractivity contribution >= 4 is 39.1 Å². The number of benzene rings is 3. The first-order valence-corrected chi connectivity index (χ1v) is 8.58. The number of halogens is 1. The zero-order valence-electron chi connectivity index (χ0n) is 14.8. The summed E-state index contributed by atoms with van der Waals surface area (Å²) in [6, 6.07) is 23.4. The summed E-state index contributed by atoms with van der Waals surface area (Å²) >= 11 is 0. The van der Waals surface area contributed by atoms with Crippen molar-refractivity contribution in [3.63, 3.8) is 0 Å². The number of pyridine rings is 1. The molecule has 0 aliphatic heterocycles. The largest absolute Gasteiger partial charge is 1.00 e. The van der Waals surface area contributed by atoms with Crippen LogP contribution >= 0.6 is 0 Å². The molecule has 5 heteroatoms. The SMILES string of the molecule is CCOC(=O)c1ccc(Nc2c3ccccc3nc3ccccc23)cc1.[Cl-]. The van der Waals surface area contributed by atoms with Gasteiger partial charge in [-0.1, -0.05) is 36.4 Å². The highest BCUT2D eigenvalue weighted by atomic mass is 35.5. The molecule has 0 amide bonds. The number of nitrogens with zero attached hydrogens (tertiary/aromatic N) is 1. The summed E-state index contributed by atoms with van der Waals surface area (Å²) in [4.78, 5) is 16.5. The average Bonchev–Trinajstić information content (AvgIpc) is 2.68. The Labute approximate surface area is 163 Å². The Morgan fingerprint density at radius 2 is 1.44 bits per heavy atom. The first kappa shape index (κ1) is 18.7. The van der Waals surface area contributed by atoms with E-state index in [0.717, 1.165) is 33.2 Å². The van der Waals surface area contributed by atoms with Gasteiger partial charge < -0.3 is 22.5 Å². The highest BCUT2D eigenvalue weighted by molar-refractivity contribution is 6.08. The third kappa shape index (κ3) is 3.71. The fourth-order valence-electron chi connectivity index (χ4n) is 3.02. The minimum Gasteiger partial charge on any atom is -1.00 e. The van der Waals surface area contributed by atoms with Crippen LogP contribution in [0.25, 0.3) is 21.8 Å². The number of aromatic nitrogens is 1. The maximum atomic E-state index is 11.8. The third-order valence-corrected chi connectivity index (χ3v) is 4.25. The lowest BCUT2D eigenvalue weighted by Gasteiger charge is -2.13. The van der Waals surface area contributed by atoms with E-state index in [1.54, 1.807) is 19.1 Å². The maximum absolute atomic E-state index is 11.8. The second-order valence-corrected chi connectivity index (χ2v) is 5.94. The molecule has 4 rings (SSSR count). The standard InChI is InChI=1S/C22H18N2O2.ClH/c1-2-26-22(25)15-11-13-16(14-12-15)23-21-17-7-3-5-9-19(17)24-20-10-6-4-8-18(20)21;/h3-14H,2H2,1H3,(H,23,24);1H/p-1. The van der Waals surface area contributed by atoms with E-state index in [1.807, 2.05) is 48.5 Å². The number of carbonyl (C=O) groups excluding carboxylic acids is 1. The molecule has 27 heavy (non-hydrogen) atoms. The summed E-state index contributed by atoms with van der Waals surface area (Å²) < 4.78 is 5.03. The first-order valence-electron chi connectivity index (χ1n) is 8.58. The molecule has 0 atom stereocenters. The lowest BCUT2D eigenvalue weighted by atomic mass is 10.1. The van der Waals surface area contributed by atoms with E-state index in [2.05, 4.69) is 17.4 Å². The Bertz CT molecular complexity index is 1040. The molecule has 0 saturated heterocycles. The second-order valence-electron chi connectivity index (χ2n) is 5.94. The number of fused-ring (bicyclic) bond motifs is 2. The summed E-state index contributed by atoms with van der Waals surface area (Å²) in [5.74, 6) is -0.307. The van der Waals surface area contributed by atoms with Gasteiger partial charge in [0.05, 0.1) is 28.9 Å². The fourth-order valence-corrected chi connectivity index (χ4v) is 3.02. The Balaban J connectivity index is 0.00000210. The smallest absolute Gasteiger partial charge is 0.338 e. The number of carbonyl (C=O) groups is 1. The summed E-state index contributed by atoms with van der Waals surface area (Å²) in [5.41, 5.74) is 4.34. The third-order valence-electron chi connectivity index (χ3n) is 4.25. The van der Waals surface area contributed by atoms with Crippen LogP contribution in [0, 0.1) is 0 Å². The zero-order valence-corrected chi connectivity index (χ0v) is 15.5. The summed E-state index contributed by atoms with van der Waals surface area (Å²) in [7, 11) is 0. The van der Waals surface area contributed by atoms with Crippen LogP contribution in [0.1, 0.15) is 17.3 Å². The van der Waals surface area contributed by atoms with Gasteiger partial charge in [-0.25, -0.2) is 9.78 Å². The van der Waals surface area contributed by atoms with Crippen molar-refractivity contribution in [1.82, 2.24) is 4.98 Å². The first-order chi connectivity index (χ1) is 12.8. The minimum atomic E-state index is -0.307. The van der Waals surface area contributed by atoms with Gasteiger partial charge in [-0.05, 0) is 43.3 Å². The number of rotatable bonds is 4. The van der Waals surface area contributed by atoms with Gasteiger partial charge >= 0.3 is 5.97 Å². The number of anilines is 2. The Hall–Kier alpha value is -3.11. The Morgan fingerprint density at radius 1 is 0.889 bits per heavy atom. The molecule has 0 fully saturated rings. The number of hydrogen-bond donors (Lipinski definition) is 1. The Morgan fingerprint density at radius 3 is 2.00 bits per heavy atom. The van der Waals surface area contributed by atoms with Gasteiger partial charge in [-0.2, -0.15) is 0 Å². The van der Waals surface area contributed by atoms with Gasteiger partial charge in [0.1, 0.15) is 0 Å². The molecule has 0 bridgehead atoms. The molecular formula is C22H18ClN2O2-. The van der Waals surface area contributed by atoms with Crippen molar-refractivity contribution in [1.29, 1.82) is 0 Å². The van der Waals surface area contributed by atoms with E-state index in [0.29, 0.717) is 12.2 Å². The van der Waals surface area contributed by atoms with Crippen LogP contribution in [0.2, 0.25) is 0 Å². The zero-order chi connectivity index (χ0) is 17.9. The molecule has 4 aromatic rings. The maximum Gasteiger partial charge on any atom is 0.338 e. The molecule has 0 aliphatic rings. The van der Waals surface area contributed by atoms with Gasteiger partial charge in [0.2, 0.25) is 0 Å². The molecule has 4 nitrogen and oxygen atoms in total. The fraction of sp³-hybridized carbons (Fsp3) is 0.0909. The van der Waals surface area contributed by atoms with Crippen molar-refractivity contribution < 1.29 is 21.9 Å². The highest BCUT2D eigenvalue weighted by Crippen LogP contribution is 2.32. The van der Waals surface area contributed by atoms with Crippen LogP contribution in [-0.2, 0) is 4.74 Å². The average molecular weight is 378 g/mol. The van der Waals surface area contributed by atoms with Crippen LogP contribution in [0.4, 0.5) is 11.4 Å². The van der Waals surface area contributed by atoms with Crippen molar-refractivity contribution in [2.45, 2.75) is 6.92 Å². The van der Waals surface area contributed by atoms with Gasteiger partial charge in [0.15, 0.2) is 0 Å². The quantitative estimate of drug-likeness (QED) is 0.438. The number of nitrogens with one attached hydrogen (secondary N) is 1. The predicted octanol–water partition coefficient (Wildman–Crippen LogP) is 2.31. The van der Waals surface area contributed by atoms with Gasteiger partial charge in [0, 0.05) is 16.5 Å². The van der Waals surface area contributed by atoms with E-state index in [4.69, 9.17) is 9.72 Å². The molecule has 3 aromatic carbocycles. The van der Waals surface area contributed by atoms with Crippen LogP contribution in [0.15, 0.2) is 72.8 Å². The highest BCUT2D eigenvalue weighted by Gasteiger charge is 2.10. The van der Waals surface area contributed by atoms with E-state index < -0.39 is 0 Å². The number of esters is 1. The van der Waals surface area contributed by atoms with Crippen LogP contribution in [-0.4, -0.2) is 17.6 Å². The summed E-state index contributed by atoms with van der Waals surface area (Å²) in [5, 5.41) is 5.61. The molecule has 0 saturated carbocycles. The van der Waals surface area contributed by atoms with Crippen LogP contribution < -0.4 is 17.7 Å². The summed E-state index contributed by atoms with van der Waals surface area (Å²) in [6.07, 6.45) is 0. The molecule has 0 radical (unpaired) electrons. The van der Waals surface area contributed by atoms with Crippen molar-refractivity contribution in [2.75, 3.05) is 11.9 Å². The monoisotopic (exact) mass is 377 g/mol. The van der Waals surface area contributed by atoms with Crippen molar-refractivity contribution in [3.8, 4) is 0 Å². The molecule has 1 heterocycles. The molecule has 1 aromatic heterocycles. The molecule has 0 spiro atoms. The normalized spacial score (nSPS) is 10.4. The predicted molar refractivity (Wildman–Crippen MR) is 105 cm³/mol. The lowest BCUT2D eigenvalue weighted by Crippen LogP contribution is -3.00. The Kier molecular flexibility index (Phi) is 5.57. The minimum absolute atomic E-state index is 0. The van der Waals surface area contributed by atoms with Gasteiger partial charge in [0.25, 0.3) is 0 Å². The lowest BCUT2D eigenvalue weighted by molar-refractivity contribution is -0.0000231. The molecule has 0 aliphatic carbocycles. The van der Waals surface area contributed by atoms with Gasteiger partial charge in [-0.3, -0.25) is 0 Å². The molecule has 1 N–H and O–H groups in total. The molecule has 136 valence electrons. The van der Waals surface area contributed by atoms with E-state index in [9.17, 15) is 4.79 Å². The number of ether oxygens (including phenoxy) is 1. The van der Waals surface area contributed by atoms with Crippen LogP contribution in [0.3, 0.4) is 0 Å². The van der Waals surface area contributed by atoms with Gasteiger partial charge in [-0.15, -0.1) is 0 Å². The summed E-state index contributed by atoms with van der Waals surface area (Å²) in [6.45, 7) is 2.17. The van der Waals surface area contributed by atoms with Crippen molar-refractivity contribution in [3.05, 3.63) is 78.4 Å². The molecule has 0 unspecified atom stereocenters.